The number of fused-ring (bicyclic) bond motifs is 1. The summed E-state index contributed by atoms with van der Waals surface area (Å²) in [6.45, 7) is 7.38. The van der Waals surface area contributed by atoms with Crippen molar-refractivity contribution in [1.82, 2.24) is 24.6 Å². The molecule has 5 rings (SSSR count). The number of nitrogens with two attached hydrogens (primary N) is 1. The average molecular weight is 501 g/mol. The Morgan fingerprint density at radius 1 is 0.973 bits per heavy atom. The number of carbonyl (C=O) groups excluding carboxylic acids is 1. The van der Waals surface area contributed by atoms with Gasteiger partial charge in [-0.15, -0.1) is 0 Å². The van der Waals surface area contributed by atoms with Crippen LogP contribution in [0.1, 0.15) is 18.6 Å². The zero-order valence-corrected chi connectivity index (χ0v) is 21.0. The van der Waals surface area contributed by atoms with Crippen LogP contribution in [-0.2, 0) is 13.6 Å². The van der Waals surface area contributed by atoms with E-state index in [0.717, 1.165) is 60.4 Å². The highest BCUT2D eigenvalue weighted by molar-refractivity contribution is 5.99. The number of nitrogen functional groups attached to an aromatic ring is 1. The molecule has 194 valence electrons. The molecule has 0 unspecified atom stereocenters. The number of hydrogen-bond donors (Lipinski definition) is 3. The van der Waals surface area contributed by atoms with Gasteiger partial charge in [0.05, 0.1) is 5.69 Å². The van der Waals surface area contributed by atoms with Crippen LogP contribution in [0.3, 0.4) is 0 Å². The van der Waals surface area contributed by atoms with Gasteiger partial charge in [-0.25, -0.2) is 9.78 Å². The predicted octanol–water partition coefficient (Wildman–Crippen LogP) is 4.55. The molecule has 0 atom stereocenters. The summed E-state index contributed by atoms with van der Waals surface area (Å²) in [5, 5.41) is 12.2. The van der Waals surface area contributed by atoms with Crippen LogP contribution in [0, 0.1) is 6.92 Å². The van der Waals surface area contributed by atoms with Crippen molar-refractivity contribution in [1.29, 1.82) is 0 Å². The summed E-state index contributed by atoms with van der Waals surface area (Å²) in [5.41, 5.74) is 10.8. The molecule has 1 fully saturated rings. The van der Waals surface area contributed by atoms with Crippen molar-refractivity contribution < 1.29 is 4.79 Å². The molecule has 0 radical (unpaired) electrons. The highest BCUT2D eigenvalue weighted by Gasteiger charge is 2.15. The van der Waals surface area contributed by atoms with Crippen LogP contribution >= 0.6 is 0 Å². The lowest BCUT2D eigenvalue weighted by atomic mass is 10.1. The minimum atomic E-state index is -0.330. The molecule has 0 saturated carbocycles. The van der Waals surface area contributed by atoms with Crippen LogP contribution in [-0.4, -0.2) is 63.8 Å². The largest absolute Gasteiger partial charge is 0.384 e. The first-order valence-corrected chi connectivity index (χ1v) is 12.1. The lowest BCUT2D eigenvalue weighted by molar-refractivity contribution is 0.148. The van der Waals surface area contributed by atoms with Crippen LogP contribution in [0.15, 0.2) is 54.7 Å². The summed E-state index contributed by atoms with van der Waals surface area (Å²) in [5.74, 6) is 0.970. The maximum Gasteiger partial charge on any atom is 0.324 e. The zero-order chi connectivity index (χ0) is 25.2. The number of nitrogens with zero attached hydrogens (tertiary/aromatic N) is 5. The van der Waals surface area contributed by atoms with Crippen LogP contribution in [0.25, 0.3) is 22.0 Å². The fourth-order valence-corrected chi connectivity index (χ4v) is 4.59. The molecule has 9 heteroatoms. The summed E-state index contributed by atoms with van der Waals surface area (Å²) >= 11 is 0. The molecule has 4 aromatic rings. The van der Waals surface area contributed by atoms with Gasteiger partial charge in [0, 0.05) is 68.7 Å². The van der Waals surface area contributed by atoms with E-state index in [9.17, 15) is 4.79 Å². The van der Waals surface area contributed by atoms with Crippen molar-refractivity contribution in [3.8, 4) is 11.3 Å². The van der Waals surface area contributed by atoms with Gasteiger partial charge in [0.2, 0.25) is 0 Å². The topological polar surface area (TPSA) is 104 Å². The van der Waals surface area contributed by atoms with Crippen molar-refractivity contribution in [2.24, 2.45) is 7.05 Å². The monoisotopic (exact) mass is 500 g/mol. The van der Waals surface area contributed by atoms with Gasteiger partial charge < -0.3 is 16.0 Å². The lowest BCUT2D eigenvalue weighted by Gasteiger charge is -2.32. The van der Waals surface area contributed by atoms with E-state index in [1.165, 1.54) is 11.1 Å². The summed E-state index contributed by atoms with van der Waals surface area (Å²) in [6, 6.07) is 15.5. The third kappa shape index (κ3) is 6.07. The Morgan fingerprint density at radius 2 is 1.76 bits per heavy atom. The number of aryl methyl sites for hydroxylation is 2. The summed E-state index contributed by atoms with van der Waals surface area (Å²) < 4.78 is 1.75. The van der Waals surface area contributed by atoms with E-state index < -0.39 is 0 Å². The number of pyridine rings is 1. The first-order valence-electron chi connectivity index (χ1n) is 12.1. The Kier molecular flexibility index (Phi) is 7.75. The van der Waals surface area contributed by atoms with E-state index in [0.29, 0.717) is 11.6 Å². The number of piperazine rings is 1. The minimum Gasteiger partial charge on any atom is -0.384 e. The van der Waals surface area contributed by atoms with Crippen LogP contribution in [0.2, 0.25) is 0 Å². The summed E-state index contributed by atoms with van der Waals surface area (Å²) in [7, 11) is 4.02. The number of amides is 2. The van der Waals surface area contributed by atoms with Crippen LogP contribution in [0.5, 0.6) is 0 Å². The number of nitrogens with one attached hydrogen (secondary N) is 2. The second-order valence-corrected chi connectivity index (χ2v) is 9.51. The molecule has 0 bridgehead atoms. The number of hydrogen-bond acceptors (Lipinski definition) is 6. The number of urea groups is 1. The Hall–Kier alpha value is -3.95. The molecule has 0 spiro atoms. The third-order valence-electron chi connectivity index (χ3n) is 6.75. The van der Waals surface area contributed by atoms with Gasteiger partial charge in [-0.1, -0.05) is 25.6 Å². The fraction of sp³-hybridized carbons (Fsp3) is 0.321. The van der Waals surface area contributed by atoms with Crippen LogP contribution in [0.4, 0.5) is 22.1 Å². The Balaban J connectivity index is 0.00000320. The van der Waals surface area contributed by atoms with E-state index >= 15 is 0 Å². The van der Waals surface area contributed by atoms with Gasteiger partial charge >= 0.3 is 6.03 Å². The number of anilines is 3. The zero-order valence-electron chi connectivity index (χ0n) is 21.0. The van der Waals surface area contributed by atoms with Crippen molar-refractivity contribution in [2.45, 2.75) is 20.9 Å². The van der Waals surface area contributed by atoms with Gasteiger partial charge in [-0.3, -0.25) is 14.9 Å². The molecule has 2 aromatic heterocycles. The molecule has 3 heterocycles. The van der Waals surface area contributed by atoms with E-state index in [1.54, 1.807) is 10.9 Å². The minimum absolute atomic E-state index is 0. The molecule has 4 N–H and O–H groups in total. The quantitative estimate of drug-likeness (QED) is 0.371. The third-order valence-corrected chi connectivity index (χ3v) is 6.75. The van der Waals surface area contributed by atoms with Gasteiger partial charge in [0.15, 0.2) is 5.82 Å². The Labute approximate surface area is 218 Å². The molecular weight excluding hydrogens is 464 g/mol. The maximum atomic E-state index is 12.7. The SMILES string of the molecule is C.Cc1cc(NC(=O)Nc2cc(-c3ccc4cc(N)ncc4c3)n(C)n2)ccc1CN1CCN(C)CC1. The Bertz CT molecular complexity index is 1400. The average Bonchev–Trinajstić information content (AvgIpc) is 3.21. The van der Waals surface area contributed by atoms with Gasteiger partial charge in [-0.2, -0.15) is 5.10 Å². The molecule has 9 nitrogen and oxygen atoms in total. The normalized spacial score (nSPS) is 14.4. The second kappa shape index (κ2) is 11.0. The summed E-state index contributed by atoms with van der Waals surface area (Å²) in [4.78, 5) is 21.7. The fourth-order valence-electron chi connectivity index (χ4n) is 4.59. The number of carbonyl (C=O) groups is 1. The highest BCUT2D eigenvalue weighted by atomic mass is 16.2. The van der Waals surface area contributed by atoms with Crippen molar-refractivity contribution in [3.05, 3.63) is 65.9 Å². The number of rotatable bonds is 5. The molecule has 2 amide bonds. The van der Waals surface area contributed by atoms with Crippen molar-refractivity contribution in [3.63, 3.8) is 0 Å². The standard InChI is InChI=1S/C27H32N8O.CH4/c1-18-12-23(7-6-21(18)17-35-10-8-33(2)9-11-35)30-27(36)31-26-15-24(34(3)32-26)20-5-4-19-14-25(28)29-16-22(19)13-20;/h4-7,12-16H,8-11,17H2,1-3H3,(H2,28,29)(H2,30,31,32,36);1H4. The number of likely N-dealkylation sites (N-methyl/N-ethyl adjacent to an activating group) is 1. The molecule has 0 aliphatic carbocycles. The van der Waals surface area contributed by atoms with E-state index in [2.05, 4.69) is 50.6 Å². The summed E-state index contributed by atoms with van der Waals surface area (Å²) in [6.07, 6.45) is 1.76. The molecular formula is C28H36N8O. The molecule has 1 aliphatic rings. The lowest BCUT2D eigenvalue weighted by Crippen LogP contribution is -2.43. The van der Waals surface area contributed by atoms with Crippen LogP contribution < -0.4 is 16.4 Å². The van der Waals surface area contributed by atoms with E-state index in [-0.39, 0.29) is 13.5 Å². The predicted molar refractivity (Wildman–Crippen MR) is 152 cm³/mol. The molecule has 37 heavy (non-hydrogen) atoms. The number of aromatic nitrogens is 3. The number of benzene rings is 2. The molecule has 2 aromatic carbocycles. The van der Waals surface area contributed by atoms with E-state index in [1.807, 2.05) is 49.5 Å². The van der Waals surface area contributed by atoms with Gasteiger partial charge in [0.1, 0.15) is 5.82 Å². The van der Waals surface area contributed by atoms with Gasteiger partial charge in [0.25, 0.3) is 0 Å². The first kappa shape index (κ1) is 26.1. The Morgan fingerprint density at radius 3 is 2.51 bits per heavy atom. The molecule has 1 aliphatic heterocycles. The van der Waals surface area contributed by atoms with E-state index in [4.69, 9.17) is 5.73 Å². The molecule has 1 saturated heterocycles. The van der Waals surface area contributed by atoms with Gasteiger partial charge in [-0.05, 0) is 54.8 Å². The second-order valence-electron chi connectivity index (χ2n) is 9.51. The smallest absolute Gasteiger partial charge is 0.324 e. The van der Waals surface area contributed by atoms with Crippen molar-refractivity contribution >= 4 is 34.1 Å². The van der Waals surface area contributed by atoms with Crippen molar-refractivity contribution in [2.75, 3.05) is 49.6 Å². The highest BCUT2D eigenvalue weighted by Crippen LogP contribution is 2.27. The first-order chi connectivity index (χ1) is 17.3. The maximum absolute atomic E-state index is 12.7.